The Hall–Kier alpha value is -1.89. The van der Waals surface area contributed by atoms with Crippen LogP contribution in [0.3, 0.4) is 0 Å². The summed E-state index contributed by atoms with van der Waals surface area (Å²) in [5.41, 5.74) is 5.80. The summed E-state index contributed by atoms with van der Waals surface area (Å²) in [6.45, 7) is 0. The maximum atomic E-state index is 12.1. The van der Waals surface area contributed by atoms with E-state index in [0.717, 1.165) is 0 Å². The molecule has 2 rings (SSSR count). The number of imidazole rings is 1. The van der Waals surface area contributed by atoms with Crippen LogP contribution in [-0.4, -0.2) is 28.7 Å². The van der Waals surface area contributed by atoms with Crippen molar-refractivity contribution in [3.63, 3.8) is 0 Å². The number of rotatable bonds is 4. The summed E-state index contributed by atoms with van der Waals surface area (Å²) in [5, 5.41) is -0.0563. The van der Waals surface area contributed by atoms with Gasteiger partial charge in [-0.05, 0) is 12.1 Å². The lowest BCUT2D eigenvalue weighted by Gasteiger charge is -2.06. The highest BCUT2D eigenvalue weighted by Gasteiger charge is 2.19. The summed E-state index contributed by atoms with van der Waals surface area (Å²) >= 11 is 0. The molecule has 0 aliphatic carbocycles. The van der Waals surface area contributed by atoms with Gasteiger partial charge < -0.3 is 10.3 Å². The van der Waals surface area contributed by atoms with E-state index >= 15 is 0 Å². The lowest BCUT2D eigenvalue weighted by atomic mass is 10.4. The molecule has 0 aromatic carbocycles. The van der Waals surface area contributed by atoms with Crippen LogP contribution in [0.2, 0.25) is 0 Å². The van der Waals surface area contributed by atoms with Gasteiger partial charge in [0.15, 0.2) is 14.9 Å². The Morgan fingerprint density at radius 1 is 1.33 bits per heavy atom. The second kappa shape index (κ2) is 4.77. The van der Waals surface area contributed by atoms with Crippen molar-refractivity contribution < 1.29 is 8.42 Å². The van der Waals surface area contributed by atoms with Gasteiger partial charge in [0, 0.05) is 32.1 Å². The van der Waals surface area contributed by atoms with E-state index in [-0.39, 0.29) is 16.5 Å². The molecule has 0 saturated carbocycles. The van der Waals surface area contributed by atoms with Crippen molar-refractivity contribution in [2.75, 3.05) is 11.5 Å². The molecule has 0 aliphatic rings. The molecule has 96 valence electrons. The van der Waals surface area contributed by atoms with E-state index in [1.54, 1.807) is 23.0 Å². The zero-order chi connectivity index (χ0) is 13.2. The summed E-state index contributed by atoms with van der Waals surface area (Å²) in [4.78, 5) is 7.91. The van der Waals surface area contributed by atoms with E-state index in [2.05, 4.69) is 9.97 Å². The van der Waals surface area contributed by atoms with Crippen LogP contribution in [0.25, 0.3) is 0 Å². The first-order valence-corrected chi connectivity index (χ1v) is 7.05. The van der Waals surface area contributed by atoms with Gasteiger partial charge in [-0.2, -0.15) is 0 Å². The second-order valence-corrected chi connectivity index (χ2v) is 5.95. The number of hydrogen-bond acceptors (Lipinski definition) is 5. The molecule has 7 heteroatoms. The average Bonchev–Trinajstić information content (AvgIpc) is 2.73. The molecule has 6 nitrogen and oxygen atoms in total. The van der Waals surface area contributed by atoms with E-state index in [1.165, 1.54) is 12.3 Å². The molecule has 0 bridgehead atoms. The molecular formula is C11H14N4O2S. The highest BCUT2D eigenvalue weighted by molar-refractivity contribution is 7.91. The zero-order valence-corrected chi connectivity index (χ0v) is 10.8. The lowest BCUT2D eigenvalue weighted by Crippen LogP contribution is -2.14. The van der Waals surface area contributed by atoms with Crippen molar-refractivity contribution in [2.24, 2.45) is 7.05 Å². The third kappa shape index (κ3) is 2.51. The fraction of sp³-hybridized carbons (Fsp3) is 0.273. The number of nitrogens with zero attached hydrogens (tertiary/aromatic N) is 3. The lowest BCUT2D eigenvalue weighted by molar-refractivity contribution is 0.590. The second-order valence-electron chi connectivity index (χ2n) is 3.92. The highest BCUT2D eigenvalue weighted by atomic mass is 32.2. The Morgan fingerprint density at radius 3 is 2.72 bits per heavy atom. The van der Waals surface area contributed by atoms with Crippen LogP contribution in [0, 0.1) is 0 Å². The van der Waals surface area contributed by atoms with Crippen LogP contribution in [0.15, 0.2) is 35.7 Å². The number of aromatic nitrogens is 3. The summed E-state index contributed by atoms with van der Waals surface area (Å²) in [7, 11) is -1.65. The monoisotopic (exact) mass is 266 g/mol. The summed E-state index contributed by atoms with van der Waals surface area (Å²) < 4.78 is 25.9. The normalized spacial score (nSPS) is 11.6. The minimum absolute atomic E-state index is 0.0563. The first-order valence-electron chi connectivity index (χ1n) is 5.40. The molecule has 0 radical (unpaired) electrons. The van der Waals surface area contributed by atoms with Crippen LogP contribution in [0.5, 0.6) is 0 Å². The van der Waals surface area contributed by atoms with Gasteiger partial charge in [0.1, 0.15) is 5.82 Å². The van der Waals surface area contributed by atoms with Crippen molar-refractivity contribution in [1.82, 2.24) is 14.5 Å². The van der Waals surface area contributed by atoms with Gasteiger partial charge in [-0.15, -0.1) is 0 Å². The highest BCUT2D eigenvalue weighted by Crippen LogP contribution is 2.16. The van der Waals surface area contributed by atoms with E-state index in [1.807, 2.05) is 7.05 Å². The SMILES string of the molecule is Cn1ccnc1CCS(=O)(=O)c1ncccc1N. The van der Waals surface area contributed by atoms with Crippen LogP contribution in [-0.2, 0) is 23.3 Å². The number of anilines is 1. The number of hydrogen-bond donors (Lipinski definition) is 1. The molecule has 0 aliphatic heterocycles. The molecule has 2 heterocycles. The van der Waals surface area contributed by atoms with E-state index < -0.39 is 9.84 Å². The topological polar surface area (TPSA) is 90.9 Å². The minimum Gasteiger partial charge on any atom is -0.396 e. The molecule has 0 unspecified atom stereocenters. The molecule has 0 spiro atoms. The van der Waals surface area contributed by atoms with E-state index in [4.69, 9.17) is 5.73 Å². The molecule has 18 heavy (non-hydrogen) atoms. The van der Waals surface area contributed by atoms with Gasteiger partial charge >= 0.3 is 0 Å². The number of nitrogens with two attached hydrogens (primary N) is 1. The number of nitrogen functional groups attached to an aromatic ring is 1. The fourth-order valence-corrected chi connectivity index (χ4v) is 2.92. The van der Waals surface area contributed by atoms with Gasteiger partial charge in [0.25, 0.3) is 0 Å². The van der Waals surface area contributed by atoms with Crippen LogP contribution >= 0.6 is 0 Å². The molecule has 0 fully saturated rings. The third-order valence-electron chi connectivity index (χ3n) is 2.61. The van der Waals surface area contributed by atoms with Crippen molar-refractivity contribution in [2.45, 2.75) is 11.4 Å². The quantitative estimate of drug-likeness (QED) is 0.865. The van der Waals surface area contributed by atoms with Gasteiger partial charge in [-0.1, -0.05) is 0 Å². The summed E-state index contributed by atoms with van der Waals surface area (Å²) in [6, 6.07) is 3.13. The number of aryl methyl sites for hydroxylation is 2. The Labute approximate surface area is 105 Å². The third-order valence-corrected chi connectivity index (χ3v) is 4.28. The number of sulfone groups is 1. The smallest absolute Gasteiger partial charge is 0.198 e. The maximum absolute atomic E-state index is 12.1. The van der Waals surface area contributed by atoms with Crippen molar-refractivity contribution in [1.29, 1.82) is 0 Å². The maximum Gasteiger partial charge on any atom is 0.198 e. The first-order chi connectivity index (χ1) is 8.50. The molecule has 2 aromatic heterocycles. The predicted octanol–water partition coefficient (Wildman–Crippen LogP) is 0.414. The van der Waals surface area contributed by atoms with Gasteiger partial charge in [-0.3, -0.25) is 0 Å². The predicted molar refractivity (Wildman–Crippen MR) is 67.6 cm³/mol. The Morgan fingerprint density at radius 2 is 2.11 bits per heavy atom. The Bertz CT molecular complexity index is 649. The number of pyridine rings is 1. The largest absolute Gasteiger partial charge is 0.396 e. The first kappa shape index (κ1) is 12.6. The van der Waals surface area contributed by atoms with Crippen molar-refractivity contribution >= 4 is 15.5 Å². The Balaban J connectivity index is 2.19. The van der Waals surface area contributed by atoms with Crippen molar-refractivity contribution in [3.05, 3.63) is 36.5 Å². The van der Waals surface area contributed by atoms with Gasteiger partial charge in [-0.25, -0.2) is 18.4 Å². The standard InChI is InChI=1S/C11H14N4O2S/c1-15-7-6-13-10(15)4-8-18(16,17)11-9(12)3-2-5-14-11/h2-3,5-7H,4,8,12H2,1H3. The average molecular weight is 266 g/mol. The van der Waals surface area contributed by atoms with E-state index in [9.17, 15) is 8.42 Å². The molecule has 2 aromatic rings. The van der Waals surface area contributed by atoms with Gasteiger partial charge in [0.2, 0.25) is 0 Å². The van der Waals surface area contributed by atoms with Gasteiger partial charge in [0.05, 0.1) is 11.4 Å². The fourth-order valence-electron chi connectivity index (χ4n) is 1.62. The van der Waals surface area contributed by atoms with Crippen LogP contribution < -0.4 is 5.73 Å². The van der Waals surface area contributed by atoms with Crippen LogP contribution in [0.1, 0.15) is 5.82 Å². The zero-order valence-electron chi connectivity index (χ0n) is 9.94. The molecular weight excluding hydrogens is 252 g/mol. The summed E-state index contributed by atoms with van der Waals surface area (Å²) in [6.07, 6.45) is 5.17. The molecule has 0 saturated heterocycles. The summed E-state index contributed by atoms with van der Waals surface area (Å²) in [5.74, 6) is 0.659. The molecule has 2 N–H and O–H groups in total. The van der Waals surface area contributed by atoms with E-state index in [0.29, 0.717) is 12.2 Å². The Kier molecular flexibility index (Phi) is 3.33. The van der Waals surface area contributed by atoms with Crippen LogP contribution in [0.4, 0.5) is 5.69 Å². The van der Waals surface area contributed by atoms with Crippen molar-refractivity contribution in [3.8, 4) is 0 Å². The molecule has 0 atom stereocenters. The molecule has 0 amide bonds. The minimum atomic E-state index is -3.47.